The second-order valence-electron chi connectivity index (χ2n) is 6.16. The van der Waals surface area contributed by atoms with Crippen LogP contribution in [0.1, 0.15) is 12.6 Å². The van der Waals surface area contributed by atoms with Crippen LogP contribution in [0.2, 0.25) is 0 Å². The lowest BCUT2D eigenvalue weighted by Crippen LogP contribution is -2.31. The Kier molecular flexibility index (Phi) is 5.55. The minimum atomic E-state index is -3.77. The van der Waals surface area contributed by atoms with Crippen LogP contribution in [0.5, 0.6) is 0 Å². The number of fused-ring (bicyclic) bond motifs is 1. The first-order valence-corrected chi connectivity index (χ1v) is 11.4. The van der Waals surface area contributed by atoms with Gasteiger partial charge in [-0.1, -0.05) is 18.2 Å². The van der Waals surface area contributed by atoms with Crippen LogP contribution >= 0.6 is 0 Å². The molecule has 3 aromatic rings. The van der Waals surface area contributed by atoms with Crippen LogP contribution < -0.4 is 5.32 Å². The van der Waals surface area contributed by atoms with Gasteiger partial charge in [0.2, 0.25) is 0 Å². The third kappa shape index (κ3) is 3.87. The first kappa shape index (κ1) is 18.8. The fourth-order valence-corrected chi connectivity index (χ4v) is 5.18. The molecule has 2 aromatic heterocycles. The van der Waals surface area contributed by atoms with Crippen LogP contribution in [0.25, 0.3) is 11.0 Å². The third-order valence-electron chi connectivity index (χ3n) is 3.99. The molecule has 0 amide bonds. The summed E-state index contributed by atoms with van der Waals surface area (Å²) < 4.78 is 39.1. The van der Waals surface area contributed by atoms with E-state index in [1.165, 1.54) is 3.97 Å². The van der Waals surface area contributed by atoms with Gasteiger partial charge in [-0.05, 0) is 37.3 Å². The van der Waals surface area contributed by atoms with Crippen LogP contribution in [0, 0.1) is 0 Å². The van der Waals surface area contributed by atoms with Crippen molar-refractivity contribution in [2.45, 2.75) is 24.4 Å². The van der Waals surface area contributed by atoms with Crippen molar-refractivity contribution in [1.82, 2.24) is 14.3 Å². The molecular weight excluding hydrogens is 370 g/mol. The van der Waals surface area contributed by atoms with Gasteiger partial charge in [0, 0.05) is 47.0 Å². The van der Waals surface area contributed by atoms with Crippen molar-refractivity contribution in [1.29, 1.82) is 0 Å². The van der Waals surface area contributed by atoms with Crippen molar-refractivity contribution in [2.24, 2.45) is 0 Å². The number of pyridine rings is 1. The van der Waals surface area contributed by atoms with Crippen LogP contribution in [0.15, 0.2) is 59.6 Å². The molecule has 2 atom stereocenters. The molecule has 6 nitrogen and oxygen atoms in total. The molecule has 0 bridgehead atoms. The van der Waals surface area contributed by atoms with Crippen molar-refractivity contribution in [3.63, 3.8) is 0 Å². The van der Waals surface area contributed by atoms with E-state index in [1.807, 2.05) is 19.1 Å². The Balaban J connectivity index is 2.04. The van der Waals surface area contributed by atoms with Crippen molar-refractivity contribution in [2.75, 3.05) is 12.0 Å². The Morgan fingerprint density at radius 2 is 1.92 bits per heavy atom. The highest BCUT2D eigenvalue weighted by atomic mass is 32.2. The SMILES string of the molecule is CC(CS(C)=O)NCc1cc2cccnc2n1S(=O)(=O)c1ccccc1. The van der Waals surface area contributed by atoms with Crippen molar-refractivity contribution in [3.05, 3.63) is 60.4 Å². The molecule has 138 valence electrons. The maximum absolute atomic E-state index is 13.2. The van der Waals surface area contributed by atoms with Gasteiger partial charge in [-0.2, -0.15) is 0 Å². The Hall–Kier alpha value is -2.03. The van der Waals surface area contributed by atoms with Crippen molar-refractivity contribution < 1.29 is 12.6 Å². The van der Waals surface area contributed by atoms with Gasteiger partial charge in [-0.15, -0.1) is 0 Å². The molecule has 1 N–H and O–H groups in total. The van der Waals surface area contributed by atoms with E-state index in [-0.39, 0.29) is 10.9 Å². The predicted molar refractivity (Wildman–Crippen MR) is 104 cm³/mol. The molecule has 0 saturated carbocycles. The number of benzene rings is 1. The summed E-state index contributed by atoms with van der Waals surface area (Å²) in [7, 11) is -4.69. The maximum atomic E-state index is 13.2. The molecule has 26 heavy (non-hydrogen) atoms. The topological polar surface area (TPSA) is 81.1 Å². The Morgan fingerprint density at radius 1 is 1.19 bits per heavy atom. The summed E-state index contributed by atoms with van der Waals surface area (Å²) in [5, 5.41) is 4.01. The van der Waals surface area contributed by atoms with Gasteiger partial charge in [0.25, 0.3) is 10.0 Å². The lowest BCUT2D eigenvalue weighted by Gasteiger charge is -2.15. The largest absolute Gasteiger partial charge is 0.308 e. The van der Waals surface area contributed by atoms with Crippen molar-refractivity contribution >= 4 is 31.9 Å². The summed E-state index contributed by atoms with van der Waals surface area (Å²) in [6.07, 6.45) is 3.23. The normalized spacial score (nSPS) is 14.4. The molecule has 0 spiro atoms. The molecule has 2 heterocycles. The predicted octanol–water partition coefficient (Wildman–Crippen LogP) is 2.13. The summed E-state index contributed by atoms with van der Waals surface area (Å²) in [5.74, 6) is 0.504. The van der Waals surface area contributed by atoms with Crippen LogP contribution in [-0.4, -0.2) is 39.6 Å². The smallest absolute Gasteiger partial charge is 0.269 e. The zero-order valence-electron chi connectivity index (χ0n) is 14.6. The molecule has 0 fully saturated rings. The number of nitrogens with zero attached hydrogens (tertiary/aromatic N) is 2. The number of hydrogen-bond acceptors (Lipinski definition) is 5. The van der Waals surface area contributed by atoms with Crippen LogP contribution in [-0.2, 0) is 27.4 Å². The summed E-state index contributed by atoms with van der Waals surface area (Å²) >= 11 is 0. The van der Waals surface area contributed by atoms with Gasteiger partial charge in [0.15, 0.2) is 5.65 Å². The van der Waals surface area contributed by atoms with Gasteiger partial charge in [0.05, 0.1) is 10.6 Å². The van der Waals surface area contributed by atoms with E-state index in [4.69, 9.17) is 0 Å². The number of hydrogen-bond donors (Lipinski definition) is 1. The Bertz CT molecular complexity index is 1030. The van der Waals surface area contributed by atoms with E-state index < -0.39 is 20.8 Å². The molecular formula is C18H21N3O3S2. The lowest BCUT2D eigenvalue weighted by atomic mass is 10.3. The first-order valence-electron chi connectivity index (χ1n) is 8.19. The van der Waals surface area contributed by atoms with E-state index in [2.05, 4.69) is 10.3 Å². The van der Waals surface area contributed by atoms with E-state index in [1.54, 1.807) is 48.9 Å². The molecule has 1 aromatic carbocycles. The summed E-state index contributed by atoms with van der Waals surface area (Å²) in [6, 6.07) is 13.8. The molecule has 2 unspecified atom stereocenters. The number of aromatic nitrogens is 2. The fourth-order valence-electron chi connectivity index (χ4n) is 2.84. The molecule has 0 radical (unpaired) electrons. The molecule has 3 rings (SSSR count). The van der Waals surface area contributed by atoms with Crippen molar-refractivity contribution in [3.8, 4) is 0 Å². The molecule has 0 aliphatic heterocycles. The molecule has 0 saturated heterocycles. The minimum absolute atomic E-state index is 0.000292. The second-order valence-corrected chi connectivity index (χ2v) is 9.42. The van der Waals surface area contributed by atoms with Gasteiger partial charge in [0.1, 0.15) is 0 Å². The summed E-state index contributed by atoms with van der Waals surface area (Å²) in [6.45, 7) is 2.26. The van der Waals surface area contributed by atoms with E-state index in [0.29, 0.717) is 23.6 Å². The lowest BCUT2D eigenvalue weighted by molar-refractivity contribution is 0.565. The van der Waals surface area contributed by atoms with Gasteiger partial charge < -0.3 is 5.32 Å². The summed E-state index contributed by atoms with van der Waals surface area (Å²) in [4.78, 5) is 4.49. The molecule has 0 aliphatic carbocycles. The van der Waals surface area contributed by atoms with E-state index in [9.17, 15) is 12.6 Å². The average Bonchev–Trinajstić information content (AvgIpc) is 2.99. The zero-order valence-corrected chi connectivity index (χ0v) is 16.3. The quantitative estimate of drug-likeness (QED) is 0.667. The second kappa shape index (κ2) is 7.69. The van der Waals surface area contributed by atoms with Crippen LogP contribution in [0.4, 0.5) is 0 Å². The van der Waals surface area contributed by atoms with Gasteiger partial charge in [-0.25, -0.2) is 17.4 Å². The van der Waals surface area contributed by atoms with Gasteiger partial charge >= 0.3 is 0 Å². The summed E-state index contributed by atoms with van der Waals surface area (Å²) in [5.41, 5.74) is 0.996. The first-order chi connectivity index (χ1) is 12.4. The highest BCUT2D eigenvalue weighted by molar-refractivity contribution is 7.90. The Labute approximate surface area is 155 Å². The zero-order chi connectivity index (χ0) is 18.7. The minimum Gasteiger partial charge on any atom is -0.308 e. The highest BCUT2D eigenvalue weighted by Crippen LogP contribution is 2.24. The van der Waals surface area contributed by atoms with E-state index >= 15 is 0 Å². The van der Waals surface area contributed by atoms with Crippen LogP contribution in [0.3, 0.4) is 0 Å². The highest BCUT2D eigenvalue weighted by Gasteiger charge is 2.23. The average molecular weight is 392 g/mol. The number of nitrogens with one attached hydrogen (secondary N) is 1. The van der Waals surface area contributed by atoms with Gasteiger partial charge in [-0.3, -0.25) is 4.21 Å². The molecule has 8 heteroatoms. The fraction of sp³-hybridized carbons (Fsp3) is 0.278. The standard InChI is InChI=1S/C18H21N3O3S2/c1-14(13-25(2)22)20-12-16-11-15-7-6-10-19-18(15)21(16)26(23,24)17-8-4-3-5-9-17/h3-11,14,20H,12-13H2,1-2H3. The van der Waals surface area contributed by atoms with E-state index in [0.717, 1.165) is 5.39 Å². The molecule has 0 aliphatic rings. The third-order valence-corrected chi connectivity index (χ3v) is 6.72. The monoisotopic (exact) mass is 391 g/mol. The maximum Gasteiger partial charge on any atom is 0.269 e. The Morgan fingerprint density at radius 3 is 2.62 bits per heavy atom. The number of rotatable bonds is 7.